The Bertz CT molecular complexity index is 312. The minimum atomic E-state index is 0.681. The third-order valence-electron chi connectivity index (χ3n) is 5.15. The normalized spacial score (nSPS) is 36.1. The van der Waals surface area contributed by atoms with E-state index in [1.165, 1.54) is 32.2 Å². The summed E-state index contributed by atoms with van der Waals surface area (Å²) in [5, 5.41) is 4.67. The molecule has 4 heteroatoms. The zero-order valence-corrected chi connectivity index (χ0v) is 12.2. The molecular formula is C14H25N3S. The zero-order valence-electron chi connectivity index (χ0n) is 11.4. The van der Waals surface area contributed by atoms with Gasteiger partial charge in [0.15, 0.2) is 5.11 Å². The van der Waals surface area contributed by atoms with Crippen molar-refractivity contribution >= 4 is 17.3 Å². The molecule has 0 aromatic heterocycles. The van der Waals surface area contributed by atoms with Crippen molar-refractivity contribution in [2.24, 2.45) is 11.8 Å². The predicted octanol–water partition coefficient (Wildman–Crippen LogP) is 1.69. The van der Waals surface area contributed by atoms with E-state index < -0.39 is 0 Å². The molecule has 3 nitrogen and oxygen atoms in total. The summed E-state index contributed by atoms with van der Waals surface area (Å²) in [6.45, 7) is 7.92. The lowest BCUT2D eigenvalue weighted by Gasteiger charge is -2.37. The third kappa shape index (κ3) is 2.50. The second-order valence-corrected chi connectivity index (χ2v) is 6.54. The van der Waals surface area contributed by atoms with Crippen LogP contribution >= 0.6 is 12.2 Å². The number of fused-ring (bicyclic) bond motifs is 2. The molecule has 1 aliphatic heterocycles. The maximum absolute atomic E-state index is 5.60. The van der Waals surface area contributed by atoms with Crippen LogP contribution in [0.15, 0.2) is 0 Å². The topological polar surface area (TPSA) is 18.5 Å². The smallest absolute Gasteiger partial charge is 0.169 e. The quantitative estimate of drug-likeness (QED) is 0.767. The van der Waals surface area contributed by atoms with Gasteiger partial charge in [-0.2, -0.15) is 0 Å². The molecule has 3 atom stereocenters. The van der Waals surface area contributed by atoms with Crippen molar-refractivity contribution in [3.8, 4) is 0 Å². The van der Waals surface area contributed by atoms with E-state index in [0.29, 0.717) is 6.04 Å². The van der Waals surface area contributed by atoms with Crippen LogP contribution in [0.5, 0.6) is 0 Å². The molecule has 2 bridgehead atoms. The summed E-state index contributed by atoms with van der Waals surface area (Å²) in [4.78, 5) is 4.87. The number of rotatable bonds is 2. The molecule has 3 fully saturated rings. The number of nitrogens with one attached hydrogen (secondary N) is 1. The number of nitrogens with zero attached hydrogens (tertiary/aromatic N) is 2. The van der Waals surface area contributed by atoms with Crippen LogP contribution in [0, 0.1) is 11.8 Å². The van der Waals surface area contributed by atoms with Crippen LogP contribution in [-0.2, 0) is 0 Å². The van der Waals surface area contributed by atoms with Crippen LogP contribution < -0.4 is 5.32 Å². The molecular weight excluding hydrogens is 242 g/mol. The minimum absolute atomic E-state index is 0.681. The van der Waals surface area contributed by atoms with Crippen LogP contribution in [0.3, 0.4) is 0 Å². The first-order valence-electron chi connectivity index (χ1n) is 7.54. The Morgan fingerprint density at radius 3 is 2.50 bits per heavy atom. The molecule has 0 unspecified atom stereocenters. The fourth-order valence-corrected chi connectivity index (χ4v) is 4.27. The highest BCUT2D eigenvalue weighted by molar-refractivity contribution is 7.80. The van der Waals surface area contributed by atoms with Gasteiger partial charge in [0.05, 0.1) is 0 Å². The van der Waals surface area contributed by atoms with Crippen molar-refractivity contribution in [2.45, 2.75) is 38.6 Å². The average Bonchev–Trinajstić information content (AvgIpc) is 3.01. The average molecular weight is 267 g/mol. The van der Waals surface area contributed by atoms with E-state index in [4.69, 9.17) is 12.2 Å². The van der Waals surface area contributed by atoms with Gasteiger partial charge < -0.3 is 15.1 Å². The Kier molecular flexibility index (Phi) is 3.76. The number of hydrogen-bond acceptors (Lipinski definition) is 2. The Morgan fingerprint density at radius 1 is 1.17 bits per heavy atom. The van der Waals surface area contributed by atoms with Gasteiger partial charge in [-0.15, -0.1) is 0 Å². The summed E-state index contributed by atoms with van der Waals surface area (Å²) in [5.41, 5.74) is 0. The molecule has 1 saturated heterocycles. The van der Waals surface area contributed by atoms with Crippen molar-refractivity contribution in [3.63, 3.8) is 0 Å². The lowest BCUT2D eigenvalue weighted by atomic mass is 9.95. The van der Waals surface area contributed by atoms with Crippen LogP contribution in [-0.4, -0.2) is 53.7 Å². The largest absolute Gasteiger partial charge is 0.360 e. The third-order valence-corrected chi connectivity index (χ3v) is 5.53. The summed E-state index contributed by atoms with van der Waals surface area (Å²) in [7, 11) is 0. The molecule has 0 aromatic rings. The van der Waals surface area contributed by atoms with E-state index in [-0.39, 0.29) is 0 Å². The van der Waals surface area contributed by atoms with Crippen molar-refractivity contribution in [1.29, 1.82) is 0 Å². The standard InChI is InChI=1S/C14H25N3S/c1-2-16-5-7-17(8-6-16)14(18)15-13-10-11-3-4-12(13)9-11/h11-13H,2-10H2,1H3,(H,15,18)/t11-,12+,13+/m1/s1. The molecule has 3 rings (SSSR count). The Balaban J connectivity index is 1.47. The molecule has 0 aromatic carbocycles. The van der Waals surface area contributed by atoms with E-state index in [2.05, 4.69) is 22.0 Å². The van der Waals surface area contributed by atoms with Crippen molar-refractivity contribution < 1.29 is 0 Å². The highest BCUT2D eigenvalue weighted by Gasteiger charge is 2.40. The maximum atomic E-state index is 5.60. The van der Waals surface area contributed by atoms with Crippen LogP contribution in [0.2, 0.25) is 0 Å². The summed E-state index contributed by atoms with van der Waals surface area (Å²) in [6.07, 6.45) is 5.70. The van der Waals surface area contributed by atoms with Gasteiger partial charge in [-0.3, -0.25) is 0 Å². The van der Waals surface area contributed by atoms with Crippen molar-refractivity contribution in [3.05, 3.63) is 0 Å². The summed E-state index contributed by atoms with van der Waals surface area (Å²) >= 11 is 5.60. The lowest BCUT2D eigenvalue weighted by Crippen LogP contribution is -2.53. The van der Waals surface area contributed by atoms with Gasteiger partial charge >= 0.3 is 0 Å². The minimum Gasteiger partial charge on any atom is -0.360 e. The summed E-state index contributed by atoms with van der Waals surface area (Å²) in [6, 6.07) is 0.681. The van der Waals surface area contributed by atoms with E-state index >= 15 is 0 Å². The molecule has 1 N–H and O–H groups in total. The number of hydrogen-bond donors (Lipinski definition) is 1. The van der Waals surface area contributed by atoms with E-state index in [9.17, 15) is 0 Å². The first kappa shape index (κ1) is 12.7. The zero-order chi connectivity index (χ0) is 12.5. The van der Waals surface area contributed by atoms with E-state index in [1.54, 1.807) is 0 Å². The lowest BCUT2D eigenvalue weighted by molar-refractivity contribution is 0.187. The van der Waals surface area contributed by atoms with Crippen molar-refractivity contribution in [1.82, 2.24) is 15.1 Å². The van der Waals surface area contributed by atoms with Gasteiger partial charge in [-0.05, 0) is 49.9 Å². The Morgan fingerprint density at radius 2 is 1.94 bits per heavy atom. The highest BCUT2D eigenvalue weighted by Crippen LogP contribution is 2.44. The van der Waals surface area contributed by atoms with Crippen molar-refractivity contribution in [2.75, 3.05) is 32.7 Å². The molecule has 0 amide bonds. The second kappa shape index (κ2) is 5.33. The molecule has 0 radical (unpaired) electrons. The molecule has 2 saturated carbocycles. The number of likely N-dealkylation sites (N-methyl/N-ethyl adjacent to an activating group) is 1. The highest BCUT2D eigenvalue weighted by atomic mass is 32.1. The van der Waals surface area contributed by atoms with Crippen LogP contribution in [0.25, 0.3) is 0 Å². The predicted molar refractivity (Wildman–Crippen MR) is 78.7 cm³/mol. The summed E-state index contributed by atoms with van der Waals surface area (Å²) < 4.78 is 0. The maximum Gasteiger partial charge on any atom is 0.169 e. The van der Waals surface area contributed by atoms with Gasteiger partial charge in [0, 0.05) is 32.2 Å². The van der Waals surface area contributed by atoms with Crippen LogP contribution in [0.1, 0.15) is 32.6 Å². The second-order valence-electron chi connectivity index (χ2n) is 6.15. The number of piperazine rings is 1. The van der Waals surface area contributed by atoms with Crippen LogP contribution in [0.4, 0.5) is 0 Å². The molecule has 3 aliphatic rings. The number of thiocarbonyl (C=S) groups is 1. The van der Waals surface area contributed by atoms with Gasteiger partial charge in [-0.25, -0.2) is 0 Å². The van der Waals surface area contributed by atoms with Gasteiger partial charge in [0.1, 0.15) is 0 Å². The molecule has 2 aliphatic carbocycles. The monoisotopic (exact) mass is 267 g/mol. The Labute approximate surface area is 116 Å². The SMILES string of the molecule is CCN1CCN(C(=S)N[C@H]2C[C@@H]3CC[C@H]2C3)CC1. The van der Waals surface area contributed by atoms with Gasteiger partial charge in [0.25, 0.3) is 0 Å². The summed E-state index contributed by atoms with van der Waals surface area (Å²) in [5.74, 6) is 1.90. The van der Waals surface area contributed by atoms with E-state index in [1.807, 2.05) is 0 Å². The van der Waals surface area contributed by atoms with Gasteiger partial charge in [-0.1, -0.05) is 13.3 Å². The Hall–Kier alpha value is -0.350. The molecule has 18 heavy (non-hydrogen) atoms. The fraction of sp³-hybridized carbons (Fsp3) is 0.929. The molecule has 102 valence electrons. The first-order valence-corrected chi connectivity index (χ1v) is 7.95. The fourth-order valence-electron chi connectivity index (χ4n) is 3.94. The first-order chi connectivity index (χ1) is 8.76. The molecule has 0 spiro atoms. The van der Waals surface area contributed by atoms with E-state index in [0.717, 1.165) is 43.1 Å². The molecule has 1 heterocycles. The van der Waals surface area contributed by atoms with Gasteiger partial charge in [0.2, 0.25) is 0 Å².